The summed E-state index contributed by atoms with van der Waals surface area (Å²) in [5.41, 5.74) is 2.13. The molecule has 0 aliphatic carbocycles. The van der Waals surface area contributed by atoms with E-state index in [9.17, 15) is 4.79 Å². The van der Waals surface area contributed by atoms with E-state index in [2.05, 4.69) is 0 Å². The molecule has 3 aromatic rings. The second-order valence-corrected chi connectivity index (χ2v) is 4.60. The Morgan fingerprint density at radius 3 is 2.56 bits per heavy atom. The summed E-state index contributed by atoms with van der Waals surface area (Å²) in [5.74, 6) is 0.0273. The van der Waals surface area contributed by atoms with Gasteiger partial charge in [0.1, 0.15) is 11.2 Å². The molecule has 0 N–H and O–H groups in total. The van der Waals surface area contributed by atoms with Gasteiger partial charge in [-0.2, -0.15) is 0 Å². The van der Waals surface area contributed by atoms with Crippen LogP contribution in [-0.4, -0.2) is 5.78 Å². The van der Waals surface area contributed by atoms with Crippen molar-refractivity contribution in [2.45, 2.75) is 6.92 Å². The van der Waals surface area contributed by atoms with Crippen LogP contribution in [-0.2, 0) is 0 Å². The second kappa shape index (κ2) is 4.03. The number of rotatable bonds is 1. The van der Waals surface area contributed by atoms with Gasteiger partial charge in [-0.05, 0) is 37.3 Å². The molecule has 18 heavy (non-hydrogen) atoms. The monoisotopic (exact) mass is 254 g/mol. The fourth-order valence-electron chi connectivity index (χ4n) is 2.02. The molecule has 0 fully saturated rings. The third kappa shape index (κ3) is 1.64. The van der Waals surface area contributed by atoms with Gasteiger partial charge in [0.15, 0.2) is 5.78 Å². The second-order valence-electron chi connectivity index (χ2n) is 4.19. The van der Waals surface area contributed by atoms with E-state index < -0.39 is 0 Å². The van der Waals surface area contributed by atoms with Crippen molar-refractivity contribution in [3.8, 4) is 0 Å². The van der Waals surface area contributed by atoms with Gasteiger partial charge >= 0.3 is 0 Å². The van der Waals surface area contributed by atoms with E-state index in [4.69, 9.17) is 16.6 Å². The molecule has 1 aromatic heterocycles. The molecule has 3 heteroatoms. The molecular formula is C15H10O2S. The van der Waals surface area contributed by atoms with E-state index >= 15 is 0 Å². The van der Waals surface area contributed by atoms with Crippen molar-refractivity contribution in [2.75, 3.05) is 0 Å². The van der Waals surface area contributed by atoms with Crippen LogP contribution < -0.4 is 0 Å². The molecule has 0 saturated heterocycles. The average Bonchev–Trinajstić information content (AvgIpc) is 2.38. The lowest BCUT2D eigenvalue weighted by Crippen LogP contribution is -1.91. The van der Waals surface area contributed by atoms with Crippen LogP contribution in [0.1, 0.15) is 17.3 Å². The molecule has 0 radical (unpaired) electrons. The molecule has 3 rings (SSSR count). The minimum absolute atomic E-state index is 0.0273. The topological polar surface area (TPSA) is 30.2 Å². The number of Topliss-reactive ketones (excluding diaryl/α,β-unsaturated/α-hetero) is 1. The maximum atomic E-state index is 11.4. The van der Waals surface area contributed by atoms with E-state index in [-0.39, 0.29) is 5.78 Å². The lowest BCUT2D eigenvalue weighted by atomic mass is 10.1. The van der Waals surface area contributed by atoms with Gasteiger partial charge in [0.25, 0.3) is 0 Å². The van der Waals surface area contributed by atoms with Crippen molar-refractivity contribution in [1.82, 2.24) is 0 Å². The zero-order chi connectivity index (χ0) is 12.7. The number of carbonyl (C=O) groups is 1. The molecule has 88 valence electrons. The van der Waals surface area contributed by atoms with Crippen LogP contribution in [0, 0.1) is 4.51 Å². The van der Waals surface area contributed by atoms with Crippen molar-refractivity contribution in [1.29, 1.82) is 0 Å². The summed E-state index contributed by atoms with van der Waals surface area (Å²) in [4.78, 5) is 11.4. The Kier molecular flexibility index (Phi) is 2.49. The molecule has 1 heterocycles. The third-order valence-electron chi connectivity index (χ3n) is 2.98. The molecule has 0 amide bonds. The summed E-state index contributed by atoms with van der Waals surface area (Å²) >= 11 is 5.47. The highest BCUT2D eigenvalue weighted by Gasteiger charge is 2.07. The molecule has 0 unspecified atom stereocenters. The molecule has 0 saturated carbocycles. The molecule has 2 aromatic carbocycles. The van der Waals surface area contributed by atoms with Gasteiger partial charge in [-0.15, -0.1) is 0 Å². The third-order valence-corrected chi connectivity index (χ3v) is 3.42. The predicted molar refractivity (Wildman–Crippen MR) is 74.6 cm³/mol. The molecular weight excluding hydrogens is 244 g/mol. The van der Waals surface area contributed by atoms with Gasteiger partial charge < -0.3 is 4.42 Å². The van der Waals surface area contributed by atoms with Crippen LogP contribution >= 0.6 is 12.2 Å². The van der Waals surface area contributed by atoms with E-state index in [0.717, 1.165) is 20.9 Å². The Balaban J connectivity index is 2.49. The van der Waals surface area contributed by atoms with Crippen LogP contribution in [0.3, 0.4) is 0 Å². The molecule has 2 nitrogen and oxygen atoms in total. The first-order chi connectivity index (χ1) is 8.66. The summed E-state index contributed by atoms with van der Waals surface area (Å²) in [6.07, 6.45) is 0. The minimum atomic E-state index is 0.0273. The highest BCUT2D eigenvalue weighted by atomic mass is 32.1. The van der Waals surface area contributed by atoms with Crippen molar-refractivity contribution in [3.05, 3.63) is 52.5 Å². The van der Waals surface area contributed by atoms with Crippen LogP contribution in [0.4, 0.5) is 0 Å². The van der Waals surface area contributed by atoms with E-state index in [1.54, 1.807) is 25.1 Å². The Morgan fingerprint density at radius 1 is 1.06 bits per heavy atom. The lowest BCUT2D eigenvalue weighted by molar-refractivity contribution is 0.101. The maximum Gasteiger partial charge on any atom is 0.159 e. The van der Waals surface area contributed by atoms with Gasteiger partial charge in [-0.3, -0.25) is 4.79 Å². The summed E-state index contributed by atoms with van der Waals surface area (Å²) in [5, 5.41) is 1.72. The van der Waals surface area contributed by atoms with Gasteiger partial charge in [0, 0.05) is 16.3 Å². The van der Waals surface area contributed by atoms with Gasteiger partial charge in [-0.25, -0.2) is 0 Å². The summed E-state index contributed by atoms with van der Waals surface area (Å²) in [7, 11) is 0. The summed E-state index contributed by atoms with van der Waals surface area (Å²) in [6, 6.07) is 13.0. The smallest absolute Gasteiger partial charge is 0.159 e. The fraction of sp³-hybridized carbons (Fsp3) is 0.0667. The van der Waals surface area contributed by atoms with Crippen LogP contribution in [0.2, 0.25) is 0 Å². The largest absolute Gasteiger partial charge is 0.456 e. The van der Waals surface area contributed by atoms with Crippen molar-refractivity contribution >= 4 is 39.9 Å². The number of benzene rings is 2. The zero-order valence-corrected chi connectivity index (χ0v) is 10.6. The van der Waals surface area contributed by atoms with Gasteiger partial charge in [-0.1, -0.05) is 24.4 Å². The van der Waals surface area contributed by atoms with Crippen molar-refractivity contribution < 1.29 is 9.21 Å². The van der Waals surface area contributed by atoms with Crippen LogP contribution in [0.25, 0.3) is 21.9 Å². The van der Waals surface area contributed by atoms with Crippen molar-refractivity contribution in [3.63, 3.8) is 0 Å². The van der Waals surface area contributed by atoms with E-state index in [0.29, 0.717) is 11.1 Å². The molecule has 0 aliphatic rings. The summed E-state index contributed by atoms with van der Waals surface area (Å²) in [6.45, 7) is 1.54. The summed E-state index contributed by atoms with van der Waals surface area (Å²) < 4.78 is 6.52. The molecule has 0 spiro atoms. The Hall–Kier alpha value is -2.00. The Bertz CT molecular complexity index is 831. The first-order valence-electron chi connectivity index (χ1n) is 5.63. The molecule has 0 aliphatic heterocycles. The zero-order valence-electron chi connectivity index (χ0n) is 9.77. The Morgan fingerprint density at radius 2 is 1.78 bits per heavy atom. The maximum absolute atomic E-state index is 11.4. The first-order valence-corrected chi connectivity index (χ1v) is 6.04. The van der Waals surface area contributed by atoms with Gasteiger partial charge in [0.2, 0.25) is 0 Å². The lowest BCUT2D eigenvalue weighted by Gasteiger charge is -2.03. The van der Waals surface area contributed by atoms with Crippen LogP contribution in [0.15, 0.2) is 46.9 Å². The Labute approximate surface area is 109 Å². The number of hydrogen-bond acceptors (Lipinski definition) is 3. The highest BCUT2D eigenvalue weighted by molar-refractivity contribution is 7.72. The predicted octanol–water partition coefficient (Wildman–Crippen LogP) is 4.52. The fourth-order valence-corrected chi connectivity index (χ4v) is 2.35. The molecule has 0 bridgehead atoms. The minimum Gasteiger partial charge on any atom is -0.456 e. The number of carbonyl (C=O) groups excluding carboxylic acids is 1. The van der Waals surface area contributed by atoms with Gasteiger partial charge in [0.05, 0.1) is 4.51 Å². The normalized spacial score (nSPS) is 10.9. The number of fused-ring (bicyclic) bond motifs is 2. The van der Waals surface area contributed by atoms with E-state index in [1.807, 2.05) is 24.3 Å². The van der Waals surface area contributed by atoms with Crippen LogP contribution in [0.5, 0.6) is 0 Å². The SMILES string of the molecule is CC(=O)c1ccc2oc3ccccc3c(=S)c2c1. The first kappa shape index (κ1) is 11.1. The van der Waals surface area contributed by atoms with E-state index in [1.165, 1.54) is 0 Å². The highest BCUT2D eigenvalue weighted by Crippen LogP contribution is 2.26. The number of hydrogen-bond donors (Lipinski definition) is 0. The standard InChI is InChI=1S/C15H10O2S/c1-9(16)10-6-7-14-12(8-10)15(18)11-4-2-3-5-13(11)17-14/h2-8H,1H3. The average molecular weight is 254 g/mol. The number of para-hydroxylation sites is 1. The molecule has 0 atom stereocenters. The van der Waals surface area contributed by atoms with Crippen molar-refractivity contribution in [2.24, 2.45) is 0 Å². The number of ketones is 1. The quantitative estimate of drug-likeness (QED) is 0.363.